The van der Waals surface area contributed by atoms with E-state index in [1.165, 1.54) is 38.7 Å². The van der Waals surface area contributed by atoms with Crippen LogP contribution in [0, 0.1) is 10.8 Å². The maximum absolute atomic E-state index is 4.58. The molecule has 0 unspecified atom stereocenters. The molecule has 0 bridgehead atoms. The molecule has 0 aromatic carbocycles. The SMILES string of the molecule is CC(C)(C)[C-]=[W].CC(C)(C)[C-]=[W].[CH-]=[W].[CH-]=[W].[W].[W].[W].[W].[W].[W].[W].[W].[W].[W].[W].[W].[W].[W].[W].[W].[W].[W].[W].[W].[W].[W].[W].[W].[W].[W].[W].[W].[W].[W].[W].[W].[W].[W].[W].[W].[W].[W].[W].[W].[W].[W].[W].[W].[W].[W].[W].[W].[W].[W].[W].[W].[W].[W].[W].[W].[W]=[W].[W]=[W].[W]=[W].[W]=[W]. The van der Waals surface area contributed by atoms with E-state index in [1.54, 1.807) is 130 Å². The van der Waals surface area contributed by atoms with E-state index >= 15 is 0 Å². The predicted molar refractivity (Wildman–Crippen MR) is 61.1 cm³/mol. The molecule has 0 aliphatic rings. The van der Waals surface area contributed by atoms with Gasteiger partial charge in [0.25, 0.3) is 0 Å². The zero-order valence-corrected chi connectivity index (χ0v) is 236. The van der Waals surface area contributed by atoms with Crippen LogP contribution in [0.4, 0.5) is 0 Å². The first kappa shape index (κ1) is 511. The summed E-state index contributed by atoms with van der Waals surface area (Å²) in [6.07, 6.45) is 0. The third-order valence-electron chi connectivity index (χ3n) is 0.612. The molecule has 0 radical (unpaired) electrons. The van der Waals surface area contributed by atoms with Crippen molar-refractivity contribution < 1.29 is 1390 Å². The third kappa shape index (κ3) is 691. The summed E-state index contributed by atoms with van der Waals surface area (Å²) < 4.78 is 6.38. The Morgan fingerprint density at radius 1 is 0.150 bits per heavy atom. The van der Waals surface area contributed by atoms with Crippen LogP contribution in [0.5, 0.6) is 0 Å². The van der Waals surface area contributed by atoms with Crippen molar-refractivity contribution in [3.8, 4) is 0 Å². The molecule has 0 heterocycles. The van der Waals surface area contributed by atoms with Gasteiger partial charge in [-0.3, -0.25) is 0 Å². The van der Waals surface area contributed by atoms with Crippen LogP contribution in [0.15, 0.2) is 0 Å². The van der Waals surface area contributed by atoms with E-state index in [0.717, 1.165) is 38.7 Å². The van der Waals surface area contributed by atoms with Gasteiger partial charge in [-0.1, -0.05) is 0 Å². The summed E-state index contributed by atoms with van der Waals surface area (Å²) in [7, 11) is 0. The first-order valence-electron chi connectivity index (χ1n) is 5.05. The molecule has 0 atom stereocenters. The van der Waals surface area contributed by atoms with E-state index in [0.29, 0.717) is 10.8 Å². The van der Waals surface area contributed by atoms with Crippen molar-refractivity contribution in [1.29, 1.82) is 0 Å². The molecule has 0 fully saturated rings. The Balaban J connectivity index is -0.000000000547. The van der Waals surface area contributed by atoms with Crippen molar-refractivity contribution in [3.05, 3.63) is 0 Å². The van der Waals surface area contributed by atoms with Crippen LogP contribution in [0.1, 0.15) is 41.5 Å². The van der Waals surface area contributed by atoms with Crippen LogP contribution in [0.3, 0.4) is 0 Å². The molecule has 0 aromatic rings. The van der Waals surface area contributed by atoms with Gasteiger partial charge in [-0.2, -0.15) is 0 Å². The molecular formula is C12H20W68-4. The number of hydrogen-bond acceptors (Lipinski definition) is 0. The Hall–Kier alpha value is 46.3. The second-order valence-corrected chi connectivity index (χ2v) is 6.17. The van der Waals surface area contributed by atoms with Crippen molar-refractivity contribution in [1.82, 2.24) is 0 Å². The van der Waals surface area contributed by atoms with Crippen LogP contribution >= 0.6 is 0 Å². The minimum atomic E-state index is 0. The summed E-state index contributed by atoms with van der Waals surface area (Å²) in [4.78, 5) is 9.17. The summed E-state index contributed by atoms with van der Waals surface area (Å²) in [6, 6.07) is 0. The Morgan fingerprint density at radius 3 is 0.163 bits per heavy atom. The van der Waals surface area contributed by atoms with Crippen LogP contribution in [-0.4, -0.2) is 18.6 Å². The standard InChI is InChI=1S/2C5H9.2CH.68W/c2*1-5(2,3)4;;;;;;;;;;;;;;;;;;;;;;;;;;;;;;;;;;;;;;;;;;;;;;;;;;;;;;;;;;;;;;;;;;;;;;/h2*1-3H3;2*1H;;;;;;;;;;;;;;;;;;;;;;;;;;;;;;;;;;;;;;;;;;;;;;;;;;;;;;;;;;;;;;;;;;;;/q4*-1;;;;;;;;;;;;;;;;;;;;;;;;;;;;;;;;;;;;;;;;;;;;;;;;;;;;;;;;;;;;;;;;;;;;. The number of rotatable bonds is 0. The Labute approximate surface area is 1410 Å². The van der Waals surface area contributed by atoms with Gasteiger partial charge in [0.1, 0.15) is 0 Å². The van der Waals surface area contributed by atoms with Gasteiger partial charge in [0.05, 0.1) is 0 Å². The molecule has 0 saturated heterocycles. The van der Waals surface area contributed by atoms with E-state index in [1.807, 2.05) is 0 Å². The monoisotopic (exact) mass is 12700 g/mol. The molecule has 0 nitrogen and oxygen atoms in total. The topological polar surface area (TPSA) is 0 Å². The van der Waals surface area contributed by atoms with E-state index in [2.05, 4.69) is 60.2 Å². The van der Waals surface area contributed by atoms with Crippen LogP contribution in [0.2, 0.25) is 0 Å². The normalized spacial score (nSPS) is 1.98. The van der Waals surface area contributed by atoms with Gasteiger partial charge in [0.15, 0.2) is 0 Å². The first-order chi connectivity index (χ1) is 11.1. The quantitative estimate of drug-likeness (QED) is 0.327. The number of hydrogen-bond donors (Lipinski definition) is 0. The summed E-state index contributed by atoms with van der Waals surface area (Å²) in [5.74, 6) is 0. The minimum absolute atomic E-state index is 0. The predicted octanol–water partition coefficient (Wildman–Crippen LogP) is 2.04. The van der Waals surface area contributed by atoms with E-state index in [4.69, 9.17) is 0 Å². The molecule has 68 heteroatoms. The van der Waals surface area contributed by atoms with Gasteiger partial charge in [-0.05, 0) is 0 Å². The van der Waals surface area contributed by atoms with Crippen LogP contribution < -0.4 is 0 Å². The van der Waals surface area contributed by atoms with Gasteiger partial charge in [-0.25, -0.2) is 0 Å². The van der Waals surface area contributed by atoms with Gasteiger partial charge in [-0.15, -0.1) is 0 Å². The Morgan fingerprint density at radius 2 is 0.163 bits per heavy atom. The van der Waals surface area contributed by atoms with Crippen LogP contribution in [0.25, 0.3) is 0 Å². The second-order valence-electron chi connectivity index (χ2n) is 4.70. The van der Waals surface area contributed by atoms with Gasteiger partial charge >= 0.3 is 278 Å². The molecule has 0 aliphatic heterocycles. The fourth-order valence-electron chi connectivity index (χ4n) is 0. The molecule has 0 amide bonds. The third-order valence-corrected chi connectivity index (χ3v) is 5.01. The average molecular weight is 12700 g/mol. The van der Waals surface area contributed by atoms with Crippen molar-refractivity contribution in [2.75, 3.05) is 0 Å². The van der Waals surface area contributed by atoms with Crippen molar-refractivity contribution >= 4 is 18.6 Å². The summed E-state index contributed by atoms with van der Waals surface area (Å²) in [5, 5.41) is 0. The molecule has 0 rings (SSSR count). The van der Waals surface area contributed by atoms with Crippen LogP contribution in [-0.2, 0) is 1390 Å². The van der Waals surface area contributed by atoms with Gasteiger partial charge in [0.2, 0.25) is 0 Å². The molecule has 0 aliphatic carbocycles. The van der Waals surface area contributed by atoms with Crippen molar-refractivity contribution in [2.24, 2.45) is 10.8 Å². The Kier molecular flexibility index (Phi) is 3400. The maximum atomic E-state index is 4.58. The van der Waals surface area contributed by atoms with Crippen molar-refractivity contribution in [3.63, 3.8) is 0 Å². The fourth-order valence-corrected chi connectivity index (χ4v) is 0. The molecular weight excluding hydrogens is 12600 g/mol. The summed E-state index contributed by atoms with van der Waals surface area (Å²) in [6.45, 7) is 12.9. The molecule has 0 spiro atoms. The van der Waals surface area contributed by atoms with Crippen molar-refractivity contribution in [2.45, 2.75) is 41.5 Å². The van der Waals surface area contributed by atoms with E-state index in [-0.39, 0.29) is 1180 Å². The molecule has 80 heavy (non-hydrogen) atoms. The van der Waals surface area contributed by atoms with E-state index in [9.17, 15) is 0 Å². The molecule has 480 valence electrons. The van der Waals surface area contributed by atoms with Gasteiger partial charge in [0, 0.05) is 1180 Å². The first-order valence-corrected chi connectivity index (χ1v) is 55.4. The Bertz CT molecular complexity index is 212. The fraction of sp³-hybridized carbons (Fsp3) is 0.667. The van der Waals surface area contributed by atoms with E-state index < -0.39 is 0 Å². The second kappa shape index (κ2) is 532. The van der Waals surface area contributed by atoms with Gasteiger partial charge < -0.3 is 0 Å². The molecule has 0 N–H and O–H groups in total. The zero-order chi connectivity index (χ0) is 22.4. The molecule has 0 saturated carbocycles. The summed E-state index contributed by atoms with van der Waals surface area (Å²) in [5.41, 5.74) is 0.657. The average Bonchev–Trinajstić information content (AvgIpc) is 2.64. The summed E-state index contributed by atoms with van der Waals surface area (Å²) >= 11 is 18.4. The molecule has 0 aromatic heterocycles. The zero-order valence-electron chi connectivity index (χ0n) is 36.9.